The fraction of sp³-hybridized carbons (Fsp3) is 0.917. The van der Waals surface area contributed by atoms with Gasteiger partial charge in [-0.1, -0.05) is 45.4 Å². The van der Waals surface area contributed by atoms with E-state index in [2.05, 4.69) is 6.92 Å². The van der Waals surface area contributed by atoms with Crippen molar-refractivity contribution in [2.75, 3.05) is 13.2 Å². The third-order valence-corrected chi connectivity index (χ3v) is 2.43. The Balaban J connectivity index is 3.17. The van der Waals surface area contributed by atoms with E-state index in [4.69, 9.17) is 9.84 Å². The Labute approximate surface area is 97.6 Å². The number of aliphatic hydroxyl groups is 1. The number of carbonyl (C=O) groups is 1. The molecule has 96 valence electrons. The van der Waals surface area contributed by atoms with Crippen LogP contribution in [-0.2, 0) is 9.53 Å². The van der Waals surface area contributed by atoms with Crippen molar-refractivity contribution in [2.24, 2.45) is 0 Å². The third kappa shape index (κ3) is 11.5. The van der Waals surface area contributed by atoms with Crippen molar-refractivity contribution < 1.29 is 19.7 Å². The summed E-state index contributed by atoms with van der Waals surface area (Å²) >= 11 is 0. The summed E-state index contributed by atoms with van der Waals surface area (Å²) in [7, 11) is 0. The summed E-state index contributed by atoms with van der Waals surface area (Å²) in [5.41, 5.74) is 0. The zero-order chi connectivity index (χ0) is 12.2. The smallest absolute Gasteiger partial charge is 0.329 e. The van der Waals surface area contributed by atoms with Crippen molar-refractivity contribution in [3.8, 4) is 0 Å². The molecule has 0 fully saturated rings. The maximum absolute atomic E-state index is 10.1. The topological polar surface area (TPSA) is 66.8 Å². The summed E-state index contributed by atoms with van der Waals surface area (Å²) < 4.78 is 4.80. The first-order valence-electron chi connectivity index (χ1n) is 6.14. The van der Waals surface area contributed by atoms with Crippen molar-refractivity contribution >= 4 is 5.97 Å². The van der Waals surface area contributed by atoms with E-state index in [-0.39, 0.29) is 13.2 Å². The van der Waals surface area contributed by atoms with E-state index in [1.807, 2.05) is 0 Å². The molecule has 0 rings (SSSR count). The van der Waals surface area contributed by atoms with Crippen LogP contribution in [0.2, 0.25) is 0 Å². The molecule has 0 radical (unpaired) electrons. The Morgan fingerprint density at radius 3 is 2.44 bits per heavy atom. The highest BCUT2D eigenvalue weighted by atomic mass is 16.5. The number of aliphatic hydroxyl groups excluding tert-OH is 1. The molecule has 0 aliphatic carbocycles. The SMILES string of the molecule is CCCCCCCCC(O)COCC(=O)O. The Hall–Kier alpha value is -0.610. The van der Waals surface area contributed by atoms with E-state index < -0.39 is 12.1 Å². The normalized spacial score (nSPS) is 12.6. The lowest BCUT2D eigenvalue weighted by Gasteiger charge is -2.09. The minimum absolute atomic E-state index is 0.126. The number of rotatable bonds is 11. The molecular weight excluding hydrogens is 208 g/mol. The second-order valence-corrected chi connectivity index (χ2v) is 4.12. The van der Waals surface area contributed by atoms with Crippen molar-refractivity contribution in [1.29, 1.82) is 0 Å². The van der Waals surface area contributed by atoms with Crippen molar-refractivity contribution in [2.45, 2.75) is 58.0 Å². The molecule has 4 nitrogen and oxygen atoms in total. The van der Waals surface area contributed by atoms with Crippen LogP contribution in [0.3, 0.4) is 0 Å². The number of aliphatic carboxylic acids is 1. The van der Waals surface area contributed by atoms with Gasteiger partial charge in [0.15, 0.2) is 0 Å². The standard InChI is InChI=1S/C12H24O4/c1-2-3-4-5-6-7-8-11(13)9-16-10-12(14)15/h11,13H,2-10H2,1H3,(H,14,15). The maximum atomic E-state index is 10.1. The number of carboxylic acids is 1. The number of hydrogen-bond acceptors (Lipinski definition) is 3. The maximum Gasteiger partial charge on any atom is 0.329 e. The Kier molecular flexibility index (Phi) is 10.5. The number of hydrogen-bond donors (Lipinski definition) is 2. The predicted octanol–water partition coefficient (Wildman–Crippen LogP) is 2.20. The Morgan fingerprint density at radius 2 is 1.81 bits per heavy atom. The zero-order valence-corrected chi connectivity index (χ0v) is 10.2. The van der Waals surface area contributed by atoms with E-state index in [0.29, 0.717) is 6.42 Å². The molecule has 16 heavy (non-hydrogen) atoms. The van der Waals surface area contributed by atoms with Crippen LogP contribution in [0, 0.1) is 0 Å². The molecular formula is C12H24O4. The van der Waals surface area contributed by atoms with Gasteiger partial charge in [-0.15, -0.1) is 0 Å². The largest absolute Gasteiger partial charge is 0.480 e. The summed E-state index contributed by atoms with van der Waals surface area (Å²) in [6, 6.07) is 0. The number of unbranched alkanes of at least 4 members (excludes halogenated alkanes) is 5. The van der Waals surface area contributed by atoms with Crippen LogP contribution in [0.25, 0.3) is 0 Å². The fourth-order valence-electron chi connectivity index (χ4n) is 1.53. The second-order valence-electron chi connectivity index (χ2n) is 4.12. The summed E-state index contributed by atoms with van der Waals surface area (Å²) in [4.78, 5) is 10.1. The molecule has 1 atom stereocenters. The fourth-order valence-corrected chi connectivity index (χ4v) is 1.53. The first-order valence-corrected chi connectivity index (χ1v) is 6.14. The molecule has 0 aliphatic heterocycles. The first kappa shape index (κ1) is 15.4. The van der Waals surface area contributed by atoms with Gasteiger partial charge in [-0.2, -0.15) is 0 Å². The van der Waals surface area contributed by atoms with Crippen molar-refractivity contribution in [1.82, 2.24) is 0 Å². The molecule has 1 unspecified atom stereocenters. The molecule has 0 heterocycles. The summed E-state index contributed by atoms with van der Waals surface area (Å²) in [6.45, 7) is 1.98. The third-order valence-electron chi connectivity index (χ3n) is 2.43. The lowest BCUT2D eigenvalue weighted by atomic mass is 10.1. The van der Waals surface area contributed by atoms with Crippen LogP contribution >= 0.6 is 0 Å². The van der Waals surface area contributed by atoms with Crippen LogP contribution in [0.15, 0.2) is 0 Å². The van der Waals surface area contributed by atoms with E-state index in [1.165, 1.54) is 25.7 Å². The minimum atomic E-state index is -0.994. The first-order chi connectivity index (χ1) is 7.66. The van der Waals surface area contributed by atoms with E-state index in [0.717, 1.165) is 12.8 Å². The summed E-state index contributed by atoms with van der Waals surface area (Å²) in [5, 5.41) is 17.8. The monoisotopic (exact) mass is 232 g/mol. The second kappa shape index (κ2) is 10.9. The molecule has 0 aromatic heterocycles. The molecule has 0 spiro atoms. The average molecular weight is 232 g/mol. The average Bonchev–Trinajstić information content (AvgIpc) is 2.22. The number of carboxylic acid groups (broad SMARTS) is 1. The van der Waals surface area contributed by atoms with Crippen LogP contribution in [0.5, 0.6) is 0 Å². The molecule has 0 amide bonds. The van der Waals surface area contributed by atoms with Crippen molar-refractivity contribution in [3.63, 3.8) is 0 Å². The van der Waals surface area contributed by atoms with Gasteiger partial charge in [0.25, 0.3) is 0 Å². The van der Waals surface area contributed by atoms with Gasteiger partial charge in [0.2, 0.25) is 0 Å². The molecule has 0 bridgehead atoms. The van der Waals surface area contributed by atoms with Crippen LogP contribution < -0.4 is 0 Å². The van der Waals surface area contributed by atoms with Crippen LogP contribution in [-0.4, -0.2) is 35.5 Å². The zero-order valence-electron chi connectivity index (χ0n) is 10.2. The van der Waals surface area contributed by atoms with Gasteiger partial charge < -0.3 is 14.9 Å². The van der Waals surface area contributed by atoms with Gasteiger partial charge in [0.1, 0.15) is 6.61 Å². The van der Waals surface area contributed by atoms with Gasteiger partial charge in [-0.3, -0.25) is 0 Å². The highest BCUT2D eigenvalue weighted by molar-refractivity contribution is 5.67. The highest BCUT2D eigenvalue weighted by Gasteiger charge is 2.05. The predicted molar refractivity (Wildman–Crippen MR) is 62.5 cm³/mol. The van der Waals surface area contributed by atoms with Gasteiger partial charge in [0, 0.05) is 0 Å². The quantitative estimate of drug-likeness (QED) is 0.536. The van der Waals surface area contributed by atoms with Gasteiger partial charge >= 0.3 is 5.97 Å². The van der Waals surface area contributed by atoms with E-state index in [1.54, 1.807) is 0 Å². The van der Waals surface area contributed by atoms with Crippen molar-refractivity contribution in [3.05, 3.63) is 0 Å². The molecule has 2 N–H and O–H groups in total. The van der Waals surface area contributed by atoms with E-state index in [9.17, 15) is 9.90 Å². The highest BCUT2D eigenvalue weighted by Crippen LogP contribution is 2.08. The van der Waals surface area contributed by atoms with Crippen LogP contribution in [0.4, 0.5) is 0 Å². The lowest BCUT2D eigenvalue weighted by Crippen LogP contribution is -2.18. The number of ether oxygens (including phenoxy) is 1. The van der Waals surface area contributed by atoms with E-state index >= 15 is 0 Å². The van der Waals surface area contributed by atoms with Gasteiger partial charge in [-0.05, 0) is 6.42 Å². The molecule has 0 aliphatic rings. The van der Waals surface area contributed by atoms with Crippen LogP contribution in [0.1, 0.15) is 51.9 Å². The Morgan fingerprint density at radius 1 is 1.19 bits per heavy atom. The molecule has 4 heteroatoms. The molecule has 0 aromatic carbocycles. The Bertz CT molecular complexity index is 170. The molecule has 0 aromatic rings. The lowest BCUT2D eigenvalue weighted by molar-refractivity contribution is -0.143. The minimum Gasteiger partial charge on any atom is -0.480 e. The molecule has 0 saturated heterocycles. The molecule has 0 saturated carbocycles. The summed E-state index contributed by atoms with van der Waals surface area (Å²) in [6.07, 6.45) is 7.31. The van der Waals surface area contributed by atoms with Gasteiger partial charge in [0.05, 0.1) is 12.7 Å². The summed E-state index contributed by atoms with van der Waals surface area (Å²) in [5.74, 6) is -0.994. The van der Waals surface area contributed by atoms with Gasteiger partial charge in [-0.25, -0.2) is 4.79 Å².